The van der Waals surface area contributed by atoms with Crippen LogP contribution in [0.25, 0.3) is 10.8 Å². The summed E-state index contributed by atoms with van der Waals surface area (Å²) in [4.78, 5) is 32.2. The molecule has 47 heavy (non-hydrogen) atoms. The van der Waals surface area contributed by atoms with Gasteiger partial charge in [0.05, 0.1) is 49.0 Å². The van der Waals surface area contributed by atoms with E-state index < -0.39 is 0 Å². The van der Waals surface area contributed by atoms with Crippen molar-refractivity contribution in [3.63, 3.8) is 0 Å². The number of likely N-dealkylation sites (N-methyl/N-ethyl adjacent to an activating group) is 1. The van der Waals surface area contributed by atoms with E-state index in [2.05, 4.69) is 52.1 Å². The van der Waals surface area contributed by atoms with Crippen molar-refractivity contribution >= 4 is 39.8 Å². The average Bonchev–Trinajstić information content (AvgIpc) is 3.46. The predicted molar refractivity (Wildman–Crippen MR) is 182 cm³/mol. The van der Waals surface area contributed by atoms with Crippen LogP contribution in [0.4, 0.5) is 11.5 Å². The van der Waals surface area contributed by atoms with Crippen LogP contribution in [0.15, 0.2) is 36.4 Å². The summed E-state index contributed by atoms with van der Waals surface area (Å²) in [6.07, 6.45) is 3.50. The molecule has 0 spiro atoms. The maximum atomic E-state index is 13.4. The molecule has 2 aromatic carbocycles. The summed E-state index contributed by atoms with van der Waals surface area (Å²) in [5.74, 6) is 1.07. The predicted octanol–water partition coefficient (Wildman–Crippen LogP) is 3.61. The van der Waals surface area contributed by atoms with Gasteiger partial charge in [-0.05, 0) is 50.4 Å². The lowest BCUT2D eigenvalue weighted by Gasteiger charge is -2.43. The molecule has 1 amide bonds. The van der Waals surface area contributed by atoms with Crippen LogP contribution < -0.4 is 20.3 Å². The van der Waals surface area contributed by atoms with Gasteiger partial charge in [0.25, 0.3) is 0 Å². The number of fused-ring (bicyclic) bond motifs is 2. The minimum atomic E-state index is -0.258. The number of ether oxygens (including phenoxy) is 2. The third kappa shape index (κ3) is 6.57. The van der Waals surface area contributed by atoms with Gasteiger partial charge in [-0.25, -0.2) is 0 Å². The highest BCUT2D eigenvalue weighted by atomic mass is 35.5. The van der Waals surface area contributed by atoms with Crippen LogP contribution in [0.3, 0.4) is 0 Å². The molecule has 0 bridgehead atoms. The highest BCUT2D eigenvalue weighted by Gasteiger charge is 2.36. The van der Waals surface area contributed by atoms with Crippen molar-refractivity contribution < 1.29 is 14.3 Å². The van der Waals surface area contributed by atoms with E-state index in [1.54, 1.807) is 0 Å². The normalized spacial score (nSPS) is 22.6. The van der Waals surface area contributed by atoms with E-state index in [1.165, 1.54) is 0 Å². The molecule has 248 valence electrons. The third-order valence-corrected chi connectivity index (χ3v) is 10.7. The number of aromatic nitrogens is 2. The molecule has 5 heterocycles. The Morgan fingerprint density at radius 3 is 2.70 bits per heavy atom. The molecule has 4 aliphatic rings. The van der Waals surface area contributed by atoms with Gasteiger partial charge >= 0.3 is 6.01 Å². The molecule has 1 aromatic heterocycles. The number of piperazine rings is 1. The first-order chi connectivity index (χ1) is 22.9. The number of likely N-dealkylation sites (tertiary alicyclic amines) is 1. The maximum absolute atomic E-state index is 13.4. The lowest BCUT2D eigenvalue weighted by atomic mass is 9.95. The number of benzene rings is 2. The lowest BCUT2D eigenvalue weighted by Crippen LogP contribution is -2.57. The van der Waals surface area contributed by atoms with E-state index in [1.807, 2.05) is 17.0 Å². The lowest BCUT2D eigenvalue weighted by molar-refractivity contribution is -0.135. The van der Waals surface area contributed by atoms with Crippen LogP contribution in [-0.2, 0) is 22.5 Å². The minimum Gasteiger partial charge on any atom is -0.462 e. The zero-order valence-electron chi connectivity index (χ0n) is 27.0. The first-order valence-electron chi connectivity index (χ1n) is 16.8. The number of halogens is 1. The Morgan fingerprint density at radius 1 is 1.13 bits per heavy atom. The fourth-order valence-electron chi connectivity index (χ4n) is 7.46. The quantitative estimate of drug-likeness (QED) is 0.365. The van der Waals surface area contributed by atoms with Gasteiger partial charge in [-0.1, -0.05) is 35.9 Å². The summed E-state index contributed by atoms with van der Waals surface area (Å²) in [6, 6.07) is 14.8. The molecule has 3 fully saturated rings. The average molecular weight is 659 g/mol. The van der Waals surface area contributed by atoms with E-state index in [4.69, 9.17) is 36.8 Å². The maximum Gasteiger partial charge on any atom is 0.318 e. The molecule has 7 rings (SSSR count). The summed E-state index contributed by atoms with van der Waals surface area (Å²) >= 11 is 6.73. The van der Waals surface area contributed by atoms with E-state index in [0.29, 0.717) is 58.1 Å². The fraction of sp³-hybridized carbons (Fsp3) is 0.543. The number of carbonyl (C=O) groups excluding carboxylic acids is 1. The Morgan fingerprint density at radius 2 is 1.96 bits per heavy atom. The first kappa shape index (κ1) is 31.9. The van der Waals surface area contributed by atoms with Crippen molar-refractivity contribution in [3.8, 4) is 12.1 Å². The highest BCUT2D eigenvalue weighted by Crippen LogP contribution is 2.37. The van der Waals surface area contributed by atoms with E-state index >= 15 is 0 Å². The van der Waals surface area contributed by atoms with Crippen molar-refractivity contribution in [1.82, 2.24) is 19.8 Å². The fourth-order valence-corrected chi connectivity index (χ4v) is 7.74. The first-order valence-corrected chi connectivity index (χ1v) is 17.2. The summed E-state index contributed by atoms with van der Waals surface area (Å²) in [7, 11) is 2.14. The van der Waals surface area contributed by atoms with Crippen LogP contribution >= 0.6 is 11.6 Å². The zero-order chi connectivity index (χ0) is 32.5. The number of anilines is 2. The Labute approximate surface area is 281 Å². The molecule has 0 radical (unpaired) electrons. The molecule has 2 N–H and O–H groups in total. The molecular formula is C35H43ClN8O3. The van der Waals surface area contributed by atoms with Gasteiger partial charge in [0.1, 0.15) is 12.4 Å². The number of nitrogens with two attached hydrogens (primary N) is 1. The Bertz CT molecular complexity index is 1660. The number of rotatable bonds is 9. The number of amides is 1. The number of nitriles is 1. The number of carbonyl (C=O) groups is 1. The van der Waals surface area contributed by atoms with Crippen molar-refractivity contribution in [1.29, 1.82) is 5.26 Å². The van der Waals surface area contributed by atoms with Gasteiger partial charge in [0.2, 0.25) is 5.91 Å². The summed E-state index contributed by atoms with van der Waals surface area (Å²) in [5.41, 5.74) is 9.46. The molecule has 12 heteroatoms. The summed E-state index contributed by atoms with van der Waals surface area (Å²) in [6.45, 7) is 5.80. The topological polar surface area (TPSA) is 124 Å². The summed E-state index contributed by atoms with van der Waals surface area (Å²) in [5, 5.41) is 12.6. The molecule has 4 aliphatic heterocycles. The smallest absolute Gasteiger partial charge is 0.318 e. The molecule has 3 atom stereocenters. The molecule has 0 saturated carbocycles. The highest BCUT2D eigenvalue weighted by molar-refractivity contribution is 6.36. The SMILES string of the molecule is CN1CCC[C@H]1COc1nc2c(c(N3CCN(C(=O)C[C@H](N)C4COC4)[C@@H](CC#N)C3)n1)CCN(c1cccc3cccc(Cl)c13)C2. The molecule has 3 aromatic rings. The third-order valence-electron chi connectivity index (χ3n) is 10.4. The largest absolute Gasteiger partial charge is 0.462 e. The number of nitrogens with zero attached hydrogens (tertiary/aromatic N) is 7. The molecule has 0 aliphatic carbocycles. The number of hydrogen-bond acceptors (Lipinski definition) is 10. The van der Waals surface area contributed by atoms with E-state index in [-0.39, 0.29) is 36.8 Å². The van der Waals surface area contributed by atoms with Gasteiger partial charge < -0.3 is 34.8 Å². The van der Waals surface area contributed by atoms with Crippen molar-refractivity contribution in [2.75, 3.05) is 69.4 Å². The van der Waals surface area contributed by atoms with Crippen LogP contribution in [-0.4, -0.2) is 103 Å². The number of hydrogen-bond donors (Lipinski definition) is 1. The van der Waals surface area contributed by atoms with Crippen molar-refractivity contribution in [2.24, 2.45) is 11.7 Å². The van der Waals surface area contributed by atoms with Crippen LogP contribution in [0, 0.1) is 17.2 Å². The van der Waals surface area contributed by atoms with Gasteiger partial charge in [-0.15, -0.1) is 0 Å². The van der Waals surface area contributed by atoms with Crippen LogP contribution in [0.5, 0.6) is 6.01 Å². The minimum absolute atomic E-state index is 0.00288. The second-order valence-electron chi connectivity index (χ2n) is 13.3. The Hall–Kier alpha value is -3.69. The van der Waals surface area contributed by atoms with Gasteiger partial charge in [-0.3, -0.25) is 4.79 Å². The molecular weight excluding hydrogens is 616 g/mol. The van der Waals surface area contributed by atoms with Crippen LogP contribution in [0.1, 0.15) is 36.9 Å². The second kappa shape index (κ2) is 13.8. The van der Waals surface area contributed by atoms with Gasteiger partial charge in [0.15, 0.2) is 0 Å². The van der Waals surface area contributed by atoms with E-state index in [0.717, 1.165) is 70.9 Å². The summed E-state index contributed by atoms with van der Waals surface area (Å²) < 4.78 is 11.6. The van der Waals surface area contributed by atoms with Crippen molar-refractivity contribution in [3.05, 3.63) is 52.7 Å². The molecule has 11 nitrogen and oxygen atoms in total. The Kier molecular flexibility index (Phi) is 9.37. The second-order valence-corrected chi connectivity index (χ2v) is 13.8. The standard InChI is InChI=1S/C35H43ClN8O3/c1-41-13-4-7-26(41)22-47-35-39-30-19-42(31-9-3-6-23-5-2-8-28(36)33(23)31)14-11-27(30)34(40-35)43-15-16-44(25(18-43)10-12-37)32(45)17-29(38)24-20-46-21-24/h2-3,5-6,8-9,24-26,29H,4,7,10-11,13-22,38H2,1H3/t25-,26-,29-/m0/s1. The van der Waals surface area contributed by atoms with E-state index in [9.17, 15) is 10.1 Å². The van der Waals surface area contributed by atoms with Crippen LogP contribution in [0.2, 0.25) is 5.02 Å². The van der Waals surface area contributed by atoms with Gasteiger partial charge in [-0.2, -0.15) is 15.2 Å². The molecule has 0 unspecified atom stereocenters. The zero-order valence-corrected chi connectivity index (χ0v) is 27.7. The Balaban J connectivity index is 1.16. The van der Waals surface area contributed by atoms with Crippen molar-refractivity contribution in [2.45, 2.75) is 56.8 Å². The van der Waals surface area contributed by atoms with Gasteiger partial charge in [0, 0.05) is 67.2 Å². The molecule has 3 saturated heterocycles. The monoisotopic (exact) mass is 658 g/mol.